The molecular formula is C38H42N4O7. The summed E-state index contributed by atoms with van der Waals surface area (Å²) in [6, 6.07) is 25.6. The van der Waals surface area contributed by atoms with E-state index in [4.69, 9.17) is 24.8 Å². The van der Waals surface area contributed by atoms with Crippen LogP contribution in [0.15, 0.2) is 90.0 Å². The summed E-state index contributed by atoms with van der Waals surface area (Å²) < 4.78 is 20.7. The third-order valence-electron chi connectivity index (χ3n) is 7.47. The SMILES string of the molecule is CC(C)(C)c1ccc(C(=O)N/N=C/c2ccc3c(c2)OCO3)cc1.CC(C)(C)c1ccc(C(=O)NN)cc1.O=Cc1ccc2c(c1)OCO2. The zero-order chi connectivity index (χ0) is 35.6. The molecular weight excluding hydrogens is 624 g/mol. The Morgan fingerprint density at radius 2 is 1.06 bits per heavy atom. The highest BCUT2D eigenvalue weighted by molar-refractivity contribution is 5.95. The number of amides is 2. The van der Waals surface area contributed by atoms with E-state index in [2.05, 4.69) is 57.5 Å². The van der Waals surface area contributed by atoms with Gasteiger partial charge in [-0.2, -0.15) is 5.10 Å². The second-order valence-corrected chi connectivity index (χ2v) is 13.2. The molecule has 4 aromatic carbocycles. The molecule has 2 amide bonds. The Kier molecular flexibility index (Phi) is 11.8. The van der Waals surface area contributed by atoms with Crippen LogP contribution in [0.1, 0.15) is 89.3 Å². The Labute approximate surface area is 286 Å². The summed E-state index contributed by atoms with van der Waals surface area (Å²) in [5.74, 6) is 7.28. The molecule has 6 rings (SSSR count). The molecule has 0 spiro atoms. The summed E-state index contributed by atoms with van der Waals surface area (Å²) in [5, 5.41) is 3.99. The molecule has 2 heterocycles. The predicted molar refractivity (Wildman–Crippen MR) is 188 cm³/mol. The lowest BCUT2D eigenvalue weighted by atomic mass is 9.87. The first kappa shape index (κ1) is 36.2. The standard InChI is InChI=1S/C19H20N2O3.C11H16N2O.C8H6O3/c1-19(2,3)15-7-5-14(6-8-15)18(22)21-20-11-13-4-9-16-17(10-13)24-12-23-16;1-11(2,3)9-6-4-8(5-7-9)10(14)13-12;9-4-6-1-2-7-8(3-6)11-5-10-7/h4-11H,12H2,1-3H3,(H,21,22);4-7H,12H2,1-3H3,(H,13,14);1-4H,5H2/b20-11+;;. The van der Waals surface area contributed by atoms with Gasteiger partial charge >= 0.3 is 0 Å². The number of nitrogen functional groups attached to an aromatic ring is 1. The van der Waals surface area contributed by atoms with Crippen molar-refractivity contribution in [1.29, 1.82) is 0 Å². The molecule has 11 nitrogen and oxygen atoms in total. The van der Waals surface area contributed by atoms with Crippen molar-refractivity contribution < 1.29 is 33.3 Å². The molecule has 4 aromatic rings. The molecule has 0 fully saturated rings. The van der Waals surface area contributed by atoms with Gasteiger partial charge in [-0.1, -0.05) is 65.8 Å². The van der Waals surface area contributed by atoms with Crippen LogP contribution in [0.25, 0.3) is 0 Å². The van der Waals surface area contributed by atoms with E-state index in [1.807, 2.05) is 54.6 Å². The number of carbonyl (C=O) groups excluding carboxylic acids is 3. The van der Waals surface area contributed by atoms with Crippen molar-refractivity contribution in [3.63, 3.8) is 0 Å². The number of hydrazine groups is 1. The van der Waals surface area contributed by atoms with Crippen molar-refractivity contribution in [2.24, 2.45) is 10.9 Å². The number of benzene rings is 4. The Hall–Kier alpha value is -5.68. The number of aldehydes is 1. The molecule has 0 bridgehead atoms. The third kappa shape index (κ3) is 10.2. The first-order valence-electron chi connectivity index (χ1n) is 15.6. The van der Waals surface area contributed by atoms with Crippen LogP contribution in [0.4, 0.5) is 0 Å². The molecule has 0 aliphatic carbocycles. The molecule has 0 saturated heterocycles. The summed E-state index contributed by atoms with van der Waals surface area (Å²) >= 11 is 0. The van der Waals surface area contributed by atoms with Gasteiger partial charge in [0.2, 0.25) is 13.6 Å². The van der Waals surface area contributed by atoms with Crippen LogP contribution in [0, 0.1) is 0 Å². The summed E-state index contributed by atoms with van der Waals surface area (Å²) in [7, 11) is 0. The molecule has 0 radical (unpaired) electrons. The van der Waals surface area contributed by atoms with Gasteiger partial charge in [0, 0.05) is 16.7 Å². The fourth-order valence-electron chi connectivity index (χ4n) is 4.54. The Bertz CT molecular complexity index is 1790. The van der Waals surface area contributed by atoms with Crippen molar-refractivity contribution in [2.75, 3.05) is 13.6 Å². The minimum absolute atomic E-state index is 0.0620. The molecule has 11 heteroatoms. The van der Waals surface area contributed by atoms with Gasteiger partial charge < -0.3 is 18.9 Å². The lowest BCUT2D eigenvalue weighted by Gasteiger charge is -2.18. The minimum atomic E-state index is -0.259. The number of rotatable bonds is 5. The van der Waals surface area contributed by atoms with Crippen LogP contribution >= 0.6 is 0 Å². The maximum atomic E-state index is 12.1. The Morgan fingerprint density at radius 1 is 0.633 bits per heavy atom. The minimum Gasteiger partial charge on any atom is -0.454 e. The highest BCUT2D eigenvalue weighted by Gasteiger charge is 2.16. The molecule has 0 aromatic heterocycles. The molecule has 256 valence electrons. The smallest absolute Gasteiger partial charge is 0.271 e. The average molecular weight is 667 g/mol. The normalized spacial score (nSPS) is 12.6. The van der Waals surface area contributed by atoms with E-state index < -0.39 is 0 Å². The van der Waals surface area contributed by atoms with E-state index in [0.29, 0.717) is 33.9 Å². The Morgan fingerprint density at radius 3 is 1.51 bits per heavy atom. The van der Waals surface area contributed by atoms with E-state index in [1.54, 1.807) is 36.5 Å². The number of carbonyl (C=O) groups is 3. The number of ether oxygens (including phenoxy) is 4. The number of nitrogens with two attached hydrogens (primary N) is 1. The molecule has 0 unspecified atom stereocenters. The summed E-state index contributed by atoms with van der Waals surface area (Å²) in [4.78, 5) is 33.6. The van der Waals surface area contributed by atoms with Crippen molar-refractivity contribution >= 4 is 24.3 Å². The van der Waals surface area contributed by atoms with Crippen LogP contribution in [0.5, 0.6) is 23.0 Å². The lowest BCUT2D eigenvalue weighted by Crippen LogP contribution is -2.30. The zero-order valence-corrected chi connectivity index (χ0v) is 28.5. The quantitative estimate of drug-likeness (QED) is 0.0739. The molecule has 0 saturated carbocycles. The van der Waals surface area contributed by atoms with Crippen LogP contribution in [0.2, 0.25) is 0 Å². The van der Waals surface area contributed by atoms with Gasteiger partial charge in [-0.25, -0.2) is 11.3 Å². The van der Waals surface area contributed by atoms with Gasteiger partial charge in [-0.15, -0.1) is 0 Å². The molecule has 2 aliphatic heterocycles. The van der Waals surface area contributed by atoms with E-state index in [0.717, 1.165) is 17.6 Å². The topological polar surface area (TPSA) is 151 Å². The molecule has 0 atom stereocenters. The largest absolute Gasteiger partial charge is 0.454 e. The molecule has 4 N–H and O–H groups in total. The van der Waals surface area contributed by atoms with Crippen molar-refractivity contribution in [3.8, 4) is 23.0 Å². The van der Waals surface area contributed by atoms with Crippen molar-refractivity contribution in [2.45, 2.75) is 52.4 Å². The number of hydrazone groups is 1. The van der Waals surface area contributed by atoms with Gasteiger partial charge in [0.05, 0.1) is 6.21 Å². The number of hydrogen-bond donors (Lipinski definition) is 3. The van der Waals surface area contributed by atoms with E-state index in [-0.39, 0.29) is 36.2 Å². The predicted octanol–water partition coefficient (Wildman–Crippen LogP) is 6.29. The van der Waals surface area contributed by atoms with Gasteiger partial charge in [0.1, 0.15) is 6.29 Å². The van der Waals surface area contributed by atoms with Gasteiger partial charge in [0.25, 0.3) is 11.8 Å². The van der Waals surface area contributed by atoms with E-state index >= 15 is 0 Å². The monoisotopic (exact) mass is 666 g/mol. The average Bonchev–Trinajstić information content (AvgIpc) is 3.77. The fraction of sp³-hybridized carbons (Fsp3) is 0.263. The number of fused-ring (bicyclic) bond motifs is 2. The molecule has 49 heavy (non-hydrogen) atoms. The Balaban J connectivity index is 0.000000183. The van der Waals surface area contributed by atoms with E-state index in [1.165, 1.54) is 11.1 Å². The summed E-state index contributed by atoms with van der Waals surface area (Å²) in [6.45, 7) is 13.3. The third-order valence-corrected chi connectivity index (χ3v) is 7.47. The first-order valence-corrected chi connectivity index (χ1v) is 15.6. The first-order chi connectivity index (χ1) is 23.3. The van der Waals surface area contributed by atoms with Crippen LogP contribution in [0.3, 0.4) is 0 Å². The summed E-state index contributed by atoms with van der Waals surface area (Å²) in [6.07, 6.45) is 2.35. The molecule has 2 aliphatic rings. The number of hydrogen-bond acceptors (Lipinski definition) is 9. The number of nitrogens with zero attached hydrogens (tertiary/aromatic N) is 1. The second-order valence-electron chi connectivity index (χ2n) is 13.2. The fourth-order valence-corrected chi connectivity index (χ4v) is 4.54. The highest BCUT2D eigenvalue weighted by Crippen LogP contribution is 2.33. The van der Waals surface area contributed by atoms with Crippen LogP contribution < -0.4 is 35.6 Å². The highest BCUT2D eigenvalue weighted by atomic mass is 16.7. The van der Waals surface area contributed by atoms with Crippen molar-refractivity contribution in [3.05, 3.63) is 118 Å². The van der Waals surface area contributed by atoms with Crippen molar-refractivity contribution in [1.82, 2.24) is 10.9 Å². The summed E-state index contributed by atoms with van der Waals surface area (Å²) in [5.41, 5.74) is 9.77. The van der Waals surface area contributed by atoms with E-state index in [9.17, 15) is 14.4 Å². The number of nitrogens with one attached hydrogen (secondary N) is 2. The van der Waals surface area contributed by atoms with Gasteiger partial charge in [-0.3, -0.25) is 19.8 Å². The second kappa shape index (κ2) is 15.9. The zero-order valence-electron chi connectivity index (χ0n) is 28.5. The van der Waals surface area contributed by atoms with Crippen LogP contribution in [-0.2, 0) is 10.8 Å². The maximum absolute atomic E-state index is 12.1. The van der Waals surface area contributed by atoms with Gasteiger partial charge in [0.15, 0.2) is 23.0 Å². The maximum Gasteiger partial charge on any atom is 0.271 e. The van der Waals surface area contributed by atoms with Crippen LogP contribution in [-0.4, -0.2) is 37.9 Å². The van der Waals surface area contributed by atoms with Gasteiger partial charge in [-0.05, 0) is 88.2 Å². The lowest BCUT2D eigenvalue weighted by molar-refractivity contribution is 0.0946.